The largest absolute Gasteiger partial charge is 0.493 e. The third-order valence-electron chi connectivity index (χ3n) is 5.73. The first-order chi connectivity index (χ1) is 12.1. The number of quaternary nitrogens is 1. The van der Waals surface area contributed by atoms with Gasteiger partial charge in [-0.25, -0.2) is 4.39 Å². The maximum atomic E-state index is 13.3. The van der Waals surface area contributed by atoms with Crippen molar-refractivity contribution in [1.82, 2.24) is 0 Å². The number of fused-ring (bicyclic) bond motifs is 3. The van der Waals surface area contributed by atoms with E-state index in [4.69, 9.17) is 9.47 Å². The van der Waals surface area contributed by atoms with E-state index in [0.717, 1.165) is 30.6 Å². The molecule has 2 heterocycles. The summed E-state index contributed by atoms with van der Waals surface area (Å²) >= 11 is 0. The van der Waals surface area contributed by atoms with Gasteiger partial charge in [0.2, 0.25) is 0 Å². The van der Waals surface area contributed by atoms with Gasteiger partial charge in [0.05, 0.1) is 27.3 Å². The number of methoxy groups -OCH3 is 2. The van der Waals surface area contributed by atoms with Crippen LogP contribution >= 0.6 is 0 Å². The topological polar surface area (TPSA) is 43.1 Å². The van der Waals surface area contributed by atoms with Gasteiger partial charge in [0.25, 0.3) is 0 Å². The second-order valence-electron chi connectivity index (χ2n) is 6.93. The molecule has 4 nitrogen and oxygen atoms in total. The highest BCUT2D eigenvalue weighted by atomic mass is 19.1. The van der Waals surface area contributed by atoms with Gasteiger partial charge < -0.3 is 19.5 Å². The summed E-state index contributed by atoms with van der Waals surface area (Å²) in [6.07, 6.45) is 1.60. The van der Waals surface area contributed by atoms with Gasteiger partial charge in [-0.15, -0.1) is 0 Å². The molecule has 3 atom stereocenters. The quantitative estimate of drug-likeness (QED) is 0.889. The van der Waals surface area contributed by atoms with Gasteiger partial charge in [0, 0.05) is 18.4 Å². The van der Waals surface area contributed by atoms with Gasteiger partial charge in [-0.1, -0.05) is 12.1 Å². The highest BCUT2D eigenvalue weighted by Gasteiger charge is 2.54. The summed E-state index contributed by atoms with van der Waals surface area (Å²) in [5, 5.41) is 11.6. The molecule has 2 aromatic carbocycles. The molecule has 0 amide bonds. The van der Waals surface area contributed by atoms with Crippen molar-refractivity contribution in [2.45, 2.75) is 24.5 Å². The number of nitrogens with one attached hydrogen (secondary N) is 1. The Bertz CT molecular complexity index is 792. The fourth-order valence-electron chi connectivity index (χ4n) is 4.49. The molecule has 0 bridgehead atoms. The predicted octanol–water partition coefficient (Wildman–Crippen LogP) is 1.62. The van der Waals surface area contributed by atoms with E-state index in [0.29, 0.717) is 17.9 Å². The van der Waals surface area contributed by atoms with Crippen LogP contribution in [0.3, 0.4) is 0 Å². The van der Waals surface area contributed by atoms with E-state index in [1.807, 2.05) is 12.1 Å². The smallest absolute Gasteiger partial charge is 0.161 e. The van der Waals surface area contributed by atoms with E-state index in [1.165, 1.54) is 22.6 Å². The fourth-order valence-corrected chi connectivity index (χ4v) is 4.49. The van der Waals surface area contributed by atoms with Crippen molar-refractivity contribution < 1.29 is 23.9 Å². The van der Waals surface area contributed by atoms with Crippen molar-refractivity contribution >= 4 is 0 Å². The van der Waals surface area contributed by atoms with Crippen molar-refractivity contribution in [3.63, 3.8) is 0 Å². The summed E-state index contributed by atoms with van der Waals surface area (Å²) in [5.74, 6) is 1.11. The molecule has 0 radical (unpaired) electrons. The molecular formula is C20H23FNO3+. The van der Waals surface area contributed by atoms with Crippen LogP contribution in [0.5, 0.6) is 11.5 Å². The predicted molar refractivity (Wildman–Crippen MR) is 91.6 cm³/mol. The van der Waals surface area contributed by atoms with Crippen molar-refractivity contribution in [3.05, 3.63) is 58.9 Å². The fraction of sp³-hybridized carbons (Fsp3) is 0.400. The molecule has 1 fully saturated rings. The molecule has 1 saturated heterocycles. The number of hydrogen-bond acceptors (Lipinski definition) is 3. The molecular weight excluding hydrogens is 321 g/mol. The molecule has 2 N–H and O–H groups in total. The second kappa shape index (κ2) is 6.00. The Hall–Kier alpha value is -2.11. The van der Waals surface area contributed by atoms with Gasteiger partial charge in [-0.05, 0) is 35.4 Å². The molecule has 2 aliphatic heterocycles. The van der Waals surface area contributed by atoms with Crippen LogP contribution in [-0.2, 0) is 12.0 Å². The number of rotatable bonds is 3. The monoisotopic (exact) mass is 344 g/mol. The van der Waals surface area contributed by atoms with E-state index in [9.17, 15) is 9.50 Å². The van der Waals surface area contributed by atoms with Crippen molar-refractivity contribution in [3.8, 4) is 11.5 Å². The second-order valence-corrected chi connectivity index (χ2v) is 6.93. The molecule has 0 aromatic heterocycles. The molecule has 132 valence electrons. The zero-order valence-corrected chi connectivity index (χ0v) is 14.5. The molecule has 5 heteroatoms. The molecule has 0 spiro atoms. The van der Waals surface area contributed by atoms with Crippen molar-refractivity contribution in [1.29, 1.82) is 0 Å². The first-order valence-corrected chi connectivity index (χ1v) is 8.64. The Balaban J connectivity index is 1.83. The Labute approximate surface area is 146 Å². The number of halogens is 1. The third-order valence-corrected chi connectivity index (χ3v) is 5.73. The Morgan fingerprint density at radius 3 is 2.44 bits per heavy atom. The standard InChI is InChI=1S/C20H22FNO3/c1-24-17-11-13-7-9-22-10-8-20(23,14-3-5-15(21)6-4-14)19(22)16(13)12-18(17)25-2/h3-6,11-12,19,23H,7-10H2,1-2H3/p+1/t19-,20-/m1/s1. The lowest BCUT2D eigenvalue weighted by Gasteiger charge is -2.36. The molecule has 2 aromatic rings. The lowest BCUT2D eigenvalue weighted by Crippen LogP contribution is -3.12. The normalized spacial score (nSPS) is 27.5. The summed E-state index contributed by atoms with van der Waals surface area (Å²) in [6, 6.07) is 10.2. The van der Waals surface area contributed by atoms with E-state index < -0.39 is 5.60 Å². The van der Waals surface area contributed by atoms with Gasteiger partial charge in [0.15, 0.2) is 17.1 Å². The van der Waals surface area contributed by atoms with Crippen LogP contribution in [-0.4, -0.2) is 32.4 Å². The van der Waals surface area contributed by atoms with Gasteiger partial charge >= 0.3 is 0 Å². The SMILES string of the molecule is COc1cc2c(cc1OC)[C@H]1[NH+](CC2)CC[C@@]1(O)c1ccc(F)cc1. The maximum Gasteiger partial charge on any atom is 0.161 e. The number of aliphatic hydroxyl groups is 1. The molecule has 25 heavy (non-hydrogen) atoms. The van der Waals surface area contributed by atoms with E-state index >= 15 is 0 Å². The Kier molecular flexibility index (Phi) is 3.93. The summed E-state index contributed by atoms with van der Waals surface area (Å²) in [5.41, 5.74) is 2.06. The number of hydrogen-bond donors (Lipinski definition) is 2. The van der Waals surface area contributed by atoms with Crippen molar-refractivity contribution in [2.75, 3.05) is 27.3 Å². The summed E-state index contributed by atoms with van der Waals surface area (Å²) in [4.78, 5) is 1.37. The van der Waals surface area contributed by atoms with Gasteiger partial charge in [-0.3, -0.25) is 0 Å². The molecule has 4 rings (SSSR count). The number of benzene rings is 2. The van der Waals surface area contributed by atoms with Gasteiger partial charge in [0.1, 0.15) is 11.9 Å². The van der Waals surface area contributed by atoms with Gasteiger partial charge in [-0.2, -0.15) is 0 Å². The molecule has 0 saturated carbocycles. The third kappa shape index (κ3) is 2.50. The minimum Gasteiger partial charge on any atom is -0.493 e. The maximum absolute atomic E-state index is 13.3. The zero-order chi connectivity index (χ0) is 17.6. The lowest BCUT2D eigenvalue weighted by atomic mass is 9.79. The zero-order valence-electron chi connectivity index (χ0n) is 14.5. The number of ether oxygens (including phenoxy) is 2. The Morgan fingerprint density at radius 1 is 1.08 bits per heavy atom. The summed E-state index contributed by atoms with van der Waals surface area (Å²) in [7, 11) is 3.26. The minimum absolute atomic E-state index is 0.0819. The average molecular weight is 344 g/mol. The highest BCUT2D eigenvalue weighted by molar-refractivity contribution is 5.50. The van der Waals surface area contributed by atoms with Crippen LogP contribution in [0.4, 0.5) is 4.39 Å². The van der Waals surface area contributed by atoms with Crippen LogP contribution in [0.25, 0.3) is 0 Å². The molecule has 2 aliphatic rings. The van der Waals surface area contributed by atoms with Crippen LogP contribution < -0.4 is 14.4 Å². The van der Waals surface area contributed by atoms with E-state index in [1.54, 1.807) is 26.4 Å². The molecule has 1 unspecified atom stereocenters. The Morgan fingerprint density at radius 2 is 1.76 bits per heavy atom. The lowest BCUT2D eigenvalue weighted by molar-refractivity contribution is -0.925. The average Bonchev–Trinajstić information content (AvgIpc) is 2.99. The van der Waals surface area contributed by atoms with Crippen LogP contribution in [0.1, 0.15) is 29.2 Å². The minimum atomic E-state index is -1.00. The summed E-state index contributed by atoms with van der Waals surface area (Å²) in [6.45, 7) is 1.86. The highest BCUT2D eigenvalue weighted by Crippen LogP contribution is 2.44. The first kappa shape index (κ1) is 16.4. The molecule has 0 aliphatic carbocycles. The summed E-state index contributed by atoms with van der Waals surface area (Å²) < 4.78 is 24.2. The van der Waals surface area contributed by atoms with E-state index in [-0.39, 0.29) is 11.9 Å². The van der Waals surface area contributed by atoms with Crippen molar-refractivity contribution in [2.24, 2.45) is 0 Å². The van der Waals surface area contributed by atoms with Crippen LogP contribution in [0.15, 0.2) is 36.4 Å². The van der Waals surface area contributed by atoms with Crippen LogP contribution in [0, 0.1) is 5.82 Å². The first-order valence-electron chi connectivity index (χ1n) is 8.64. The van der Waals surface area contributed by atoms with E-state index in [2.05, 4.69) is 0 Å². The van der Waals surface area contributed by atoms with Crippen LogP contribution in [0.2, 0.25) is 0 Å².